The summed E-state index contributed by atoms with van der Waals surface area (Å²) in [4.78, 5) is 2.58. The van der Waals surface area contributed by atoms with Crippen molar-refractivity contribution < 1.29 is 4.74 Å². The Labute approximate surface area is 111 Å². The molecule has 3 rings (SSSR count). The molecule has 0 N–H and O–H groups in total. The van der Waals surface area contributed by atoms with Crippen LogP contribution >= 0.6 is 0 Å². The molecule has 2 aliphatic heterocycles. The van der Waals surface area contributed by atoms with Gasteiger partial charge >= 0.3 is 0 Å². The number of fused-ring (bicyclic) bond motifs is 2. The van der Waals surface area contributed by atoms with Gasteiger partial charge in [0.25, 0.3) is 0 Å². The third kappa shape index (κ3) is 1.86. The predicted octanol–water partition coefficient (Wildman–Crippen LogP) is 3.01. The zero-order valence-electron chi connectivity index (χ0n) is 11.8. The molecule has 1 spiro atoms. The molecule has 0 bridgehead atoms. The van der Waals surface area contributed by atoms with E-state index in [1.165, 1.54) is 25.9 Å². The van der Waals surface area contributed by atoms with Crippen LogP contribution in [0.25, 0.3) is 0 Å². The highest BCUT2D eigenvalue weighted by Crippen LogP contribution is 2.49. The zero-order chi connectivity index (χ0) is 12.8. The van der Waals surface area contributed by atoms with E-state index in [0.717, 1.165) is 0 Å². The van der Waals surface area contributed by atoms with E-state index in [1.54, 1.807) is 0 Å². The SMILES string of the molecule is CC1OC2(CCN(C(C)C)CC2)C2C=CC=CC12. The Morgan fingerprint density at radius 2 is 1.83 bits per heavy atom. The van der Waals surface area contributed by atoms with Crippen molar-refractivity contribution in [2.24, 2.45) is 11.8 Å². The fraction of sp³-hybridized carbons (Fsp3) is 0.750. The van der Waals surface area contributed by atoms with E-state index in [2.05, 4.69) is 50.0 Å². The quantitative estimate of drug-likeness (QED) is 0.706. The highest BCUT2D eigenvalue weighted by Gasteiger charge is 2.52. The maximum absolute atomic E-state index is 6.44. The average molecular weight is 247 g/mol. The molecule has 2 heterocycles. The number of nitrogens with zero attached hydrogens (tertiary/aromatic N) is 1. The number of rotatable bonds is 1. The molecule has 0 saturated carbocycles. The summed E-state index contributed by atoms with van der Waals surface area (Å²) in [5, 5.41) is 0. The van der Waals surface area contributed by atoms with E-state index >= 15 is 0 Å². The van der Waals surface area contributed by atoms with Crippen LogP contribution < -0.4 is 0 Å². The normalized spacial score (nSPS) is 38.6. The third-order valence-corrected chi connectivity index (χ3v) is 5.12. The van der Waals surface area contributed by atoms with Gasteiger partial charge in [-0.05, 0) is 33.6 Å². The molecular weight excluding hydrogens is 222 g/mol. The van der Waals surface area contributed by atoms with Gasteiger partial charge in [-0.25, -0.2) is 0 Å². The van der Waals surface area contributed by atoms with E-state index in [-0.39, 0.29) is 5.60 Å². The second-order valence-electron chi connectivity index (χ2n) is 6.39. The molecule has 2 fully saturated rings. The van der Waals surface area contributed by atoms with Gasteiger partial charge in [0.1, 0.15) is 0 Å². The van der Waals surface area contributed by atoms with E-state index in [0.29, 0.717) is 24.0 Å². The minimum Gasteiger partial charge on any atom is -0.371 e. The van der Waals surface area contributed by atoms with Crippen molar-refractivity contribution >= 4 is 0 Å². The molecule has 0 aromatic heterocycles. The first-order valence-electron chi connectivity index (χ1n) is 7.39. The molecule has 0 radical (unpaired) electrons. The van der Waals surface area contributed by atoms with Crippen LogP contribution in [0.1, 0.15) is 33.6 Å². The Kier molecular flexibility index (Phi) is 3.11. The fourth-order valence-electron chi connectivity index (χ4n) is 4.00. The molecule has 2 nitrogen and oxygen atoms in total. The zero-order valence-corrected chi connectivity index (χ0v) is 11.8. The number of hydrogen-bond donors (Lipinski definition) is 0. The summed E-state index contributed by atoms with van der Waals surface area (Å²) < 4.78 is 6.44. The van der Waals surface area contributed by atoms with E-state index in [1.807, 2.05) is 0 Å². The number of piperidine rings is 1. The summed E-state index contributed by atoms with van der Waals surface area (Å²) >= 11 is 0. The lowest BCUT2D eigenvalue weighted by Crippen LogP contribution is -2.49. The van der Waals surface area contributed by atoms with Crippen LogP contribution in [0.3, 0.4) is 0 Å². The Morgan fingerprint density at radius 3 is 2.50 bits per heavy atom. The third-order valence-electron chi connectivity index (χ3n) is 5.12. The highest BCUT2D eigenvalue weighted by molar-refractivity contribution is 5.22. The van der Waals surface area contributed by atoms with Crippen LogP contribution in [-0.2, 0) is 4.74 Å². The minimum atomic E-state index is 0.122. The maximum Gasteiger partial charge on any atom is 0.0779 e. The number of ether oxygens (including phenoxy) is 1. The van der Waals surface area contributed by atoms with Gasteiger partial charge in [0, 0.05) is 31.0 Å². The Morgan fingerprint density at radius 1 is 1.17 bits per heavy atom. The predicted molar refractivity (Wildman–Crippen MR) is 74.5 cm³/mol. The van der Waals surface area contributed by atoms with Crippen LogP contribution in [0.2, 0.25) is 0 Å². The molecule has 2 saturated heterocycles. The summed E-state index contributed by atoms with van der Waals surface area (Å²) in [7, 11) is 0. The van der Waals surface area contributed by atoms with Gasteiger partial charge in [-0.2, -0.15) is 0 Å². The molecular formula is C16H25NO. The van der Waals surface area contributed by atoms with Crippen molar-refractivity contribution in [3.63, 3.8) is 0 Å². The Balaban J connectivity index is 1.77. The summed E-state index contributed by atoms with van der Waals surface area (Å²) in [5.74, 6) is 1.20. The van der Waals surface area contributed by atoms with Gasteiger partial charge in [-0.15, -0.1) is 0 Å². The first kappa shape index (κ1) is 12.4. The summed E-state index contributed by atoms with van der Waals surface area (Å²) in [6.07, 6.45) is 11.9. The van der Waals surface area contributed by atoms with Crippen LogP contribution in [0.15, 0.2) is 24.3 Å². The number of hydrogen-bond acceptors (Lipinski definition) is 2. The second-order valence-corrected chi connectivity index (χ2v) is 6.39. The summed E-state index contributed by atoms with van der Waals surface area (Å²) in [6, 6.07) is 0.666. The molecule has 0 aromatic rings. The standard InChI is InChI=1S/C16H25NO/c1-12(2)17-10-8-16(9-11-17)15-7-5-4-6-14(15)13(3)18-16/h4-7,12-15H,8-11H2,1-3H3. The van der Waals surface area contributed by atoms with Crippen molar-refractivity contribution in [1.29, 1.82) is 0 Å². The van der Waals surface area contributed by atoms with Gasteiger partial charge in [-0.3, -0.25) is 0 Å². The lowest BCUT2D eigenvalue weighted by atomic mass is 9.73. The van der Waals surface area contributed by atoms with Crippen molar-refractivity contribution in [1.82, 2.24) is 4.90 Å². The molecule has 2 heteroatoms. The van der Waals surface area contributed by atoms with Crippen molar-refractivity contribution in [2.75, 3.05) is 13.1 Å². The van der Waals surface area contributed by atoms with E-state index < -0.39 is 0 Å². The van der Waals surface area contributed by atoms with E-state index in [9.17, 15) is 0 Å². The lowest BCUT2D eigenvalue weighted by Gasteiger charge is -2.43. The van der Waals surface area contributed by atoms with Crippen LogP contribution in [-0.4, -0.2) is 35.7 Å². The molecule has 3 unspecified atom stereocenters. The van der Waals surface area contributed by atoms with Crippen LogP contribution in [0.4, 0.5) is 0 Å². The molecule has 3 aliphatic rings. The Bertz CT molecular complexity index is 363. The largest absolute Gasteiger partial charge is 0.371 e. The lowest BCUT2D eigenvalue weighted by molar-refractivity contribution is -0.0867. The minimum absolute atomic E-state index is 0.122. The van der Waals surface area contributed by atoms with Crippen molar-refractivity contribution in [3.05, 3.63) is 24.3 Å². The topological polar surface area (TPSA) is 12.5 Å². The van der Waals surface area contributed by atoms with Gasteiger partial charge in [0.15, 0.2) is 0 Å². The van der Waals surface area contributed by atoms with Crippen molar-refractivity contribution in [2.45, 2.75) is 51.4 Å². The molecule has 18 heavy (non-hydrogen) atoms. The van der Waals surface area contributed by atoms with Crippen LogP contribution in [0, 0.1) is 11.8 Å². The fourth-order valence-corrected chi connectivity index (χ4v) is 4.00. The summed E-state index contributed by atoms with van der Waals surface area (Å²) in [5.41, 5.74) is 0.122. The molecule has 0 amide bonds. The molecule has 1 aliphatic carbocycles. The monoisotopic (exact) mass is 247 g/mol. The van der Waals surface area contributed by atoms with Gasteiger partial charge < -0.3 is 9.64 Å². The smallest absolute Gasteiger partial charge is 0.0779 e. The molecule has 3 atom stereocenters. The van der Waals surface area contributed by atoms with Gasteiger partial charge in [-0.1, -0.05) is 24.3 Å². The van der Waals surface area contributed by atoms with E-state index in [4.69, 9.17) is 4.74 Å². The Hall–Kier alpha value is -0.600. The second kappa shape index (κ2) is 4.50. The van der Waals surface area contributed by atoms with Crippen LogP contribution in [0.5, 0.6) is 0 Å². The number of likely N-dealkylation sites (tertiary alicyclic amines) is 1. The maximum atomic E-state index is 6.44. The van der Waals surface area contributed by atoms with Gasteiger partial charge in [0.05, 0.1) is 11.7 Å². The first-order valence-corrected chi connectivity index (χ1v) is 7.39. The first-order chi connectivity index (χ1) is 8.62. The summed E-state index contributed by atoms with van der Waals surface area (Å²) in [6.45, 7) is 9.20. The van der Waals surface area contributed by atoms with Crippen molar-refractivity contribution in [3.8, 4) is 0 Å². The molecule has 0 aromatic carbocycles. The molecule has 100 valence electrons. The average Bonchev–Trinajstić information content (AvgIpc) is 2.64. The van der Waals surface area contributed by atoms with Gasteiger partial charge in [0.2, 0.25) is 0 Å². The highest BCUT2D eigenvalue weighted by atomic mass is 16.5. The number of allylic oxidation sites excluding steroid dienone is 2.